The summed E-state index contributed by atoms with van der Waals surface area (Å²) in [6, 6.07) is 9.48. The lowest BCUT2D eigenvalue weighted by Gasteiger charge is -2.18. The normalized spacial score (nSPS) is 20.5. The standard InChI is InChI=1S/C19H20N2O4/c22-17-6-7-18(23)15(10-17)11-21-9-8-16(12-21)20-19(24)25-13-14-4-2-1-3-5-14/h1-7,10,16H,8-9,11-13H2,(H,20,24)/t16-/m1/s1. The maximum atomic E-state index is 11.9. The van der Waals surface area contributed by atoms with E-state index in [9.17, 15) is 14.4 Å². The average Bonchev–Trinajstić information content (AvgIpc) is 3.04. The largest absolute Gasteiger partial charge is 0.445 e. The van der Waals surface area contributed by atoms with Crippen molar-refractivity contribution in [3.8, 4) is 0 Å². The molecular weight excluding hydrogens is 320 g/mol. The monoisotopic (exact) mass is 340 g/mol. The zero-order valence-corrected chi connectivity index (χ0v) is 13.8. The lowest BCUT2D eigenvalue weighted by Crippen LogP contribution is -2.38. The average molecular weight is 340 g/mol. The number of carbonyl (C=O) groups is 3. The number of amides is 1. The number of likely N-dealkylation sites (tertiary alicyclic amines) is 1. The summed E-state index contributed by atoms with van der Waals surface area (Å²) >= 11 is 0. The SMILES string of the molecule is O=C1C=CC(=O)C(CN2CC[C@@H](NC(=O)OCc3ccccc3)C2)=C1. The summed E-state index contributed by atoms with van der Waals surface area (Å²) in [6.45, 7) is 2.04. The van der Waals surface area contributed by atoms with E-state index in [1.807, 2.05) is 30.3 Å². The summed E-state index contributed by atoms with van der Waals surface area (Å²) < 4.78 is 5.22. The Bertz CT molecular complexity index is 724. The lowest BCUT2D eigenvalue weighted by molar-refractivity contribution is -0.114. The van der Waals surface area contributed by atoms with Crippen LogP contribution in [0.2, 0.25) is 0 Å². The van der Waals surface area contributed by atoms with E-state index in [-0.39, 0.29) is 24.2 Å². The van der Waals surface area contributed by atoms with Crippen LogP contribution >= 0.6 is 0 Å². The predicted octanol–water partition coefficient (Wildman–Crippen LogP) is 1.62. The molecule has 1 aromatic rings. The number of carbonyl (C=O) groups excluding carboxylic acids is 3. The highest BCUT2D eigenvalue weighted by molar-refractivity contribution is 6.17. The van der Waals surface area contributed by atoms with Gasteiger partial charge >= 0.3 is 6.09 Å². The fourth-order valence-electron chi connectivity index (χ4n) is 2.95. The molecule has 0 spiro atoms. The van der Waals surface area contributed by atoms with Crippen LogP contribution in [0.25, 0.3) is 0 Å². The molecule has 25 heavy (non-hydrogen) atoms. The number of hydrogen-bond acceptors (Lipinski definition) is 5. The highest BCUT2D eigenvalue weighted by Crippen LogP contribution is 2.14. The summed E-state index contributed by atoms with van der Waals surface area (Å²) in [6.07, 6.45) is 4.32. The summed E-state index contributed by atoms with van der Waals surface area (Å²) in [5.74, 6) is -0.286. The second kappa shape index (κ2) is 7.90. The summed E-state index contributed by atoms with van der Waals surface area (Å²) in [4.78, 5) is 37.1. The van der Waals surface area contributed by atoms with Crippen LogP contribution in [0.3, 0.4) is 0 Å². The lowest BCUT2D eigenvalue weighted by atomic mass is 10.0. The summed E-state index contributed by atoms with van der Waals surface area (Å²) in [5.41, 5.74) is 1.44. The van der Waals surface area contributed by atoms with Crippen molar-refractivity contribution in [2.45, 2.75) is 19.1 Å². The molecule has 1 aliphatic carbocycles. The van der Waals surface area contributed by atoms with Gasteiger partial charge in [0.1, 0.15) is 6.61 Å². The molecule has 1 amide bonds. The maximum absolute atomic E-state index is 11.9. The molecule has 1 saturated heterocycles. The highest BCUT2D eigenvalue weighted by atomic mass is 16.5. The fourth-order valence-corrected chi connectivity index (χ4v) is 2.95. The molecule has 6 nitrogen and oxygen atoms in total. The molecule has 2 aliphatic rings. The minimum absolute atomic E-state index is 0.0196. The molecule has 130 valence electrons. The van der Waals surface area contributed by atoms with Gasteiger partial charge < -0.3 is 10.1 Å². The summed E-state index contributed by atoms with van der Waals surface area (Å²) in [7, 11) is 0. The van der Waals surface area contributed by atoms with Crippen molar-refractivity contribution in [2.75, 3.05) is 19.6 Å². The molecule has 1 aromatic carbocycles. The third kappa shape index (κ3) is 4.87. The highest BCUT2D eigenvalue weighted by Gasteiger charge is 2.26. The van der Waals surface area contributed by atoms with Crippen molar-refractivity contribution in [2.24, 2.45) is 0 Å². The number of nitrogens with zero attached hydrogens (tertiary/aromatic N) is 1. The Kier molecular flexibility index (Phi) is 5.40. The van der Waals surface area contributed by atoms with E-state index in [2.05, 4.69) is 10.2 Å². The Morgan fingerprint density at radius 1 is 1.20 bits per heavy atom. The number of ether oxygens (including phenoxy) is 1. The Hall–Kier alpha value is -2.73. The Morgan fingerprint density at radius 2 is 2.00 bits per heavy atom. The number of ketones is 2. The van der Waals surface area contributed by atoms with Crippen LogP contribution in [0.4, 0.5) is 4.79 Å². The van der Waals surface area contributed by atoms with Crippen LogP contribution in [-0.2, 0) is 20.9 Å². The molecule has 0 unspecified atom stereocenters. The molecule has 3 rings (SSSR count). The second-order valence-electron chi connectivity index (χ2n) is 6.20. The minimum Gasteiger partial charge on any atom is -0.445 e. The Labute approximate surface area is 146 Å². The van der Waals surface area contributed by atoms with Gasteiger partial charge in [0.05, 0.1) is 0 Å². The zero-order valence-electron chi connectivity index (χ0n) is 13.8. The van der Waals surface area contributed by atoms with Gasteiger partial charge in [0.2, 0.25) is 0 Å². The van der Waals surface area contributed by atoms with E-state index in [0.29, 0.717) is 18.7 Å². The van der Waals surface area contributed by atoms with E-state index in [1.165, 1.54) is 18.2 Å². The molecule has 1 fully saturated rings. The number of benzene rings is 1. The molecule has 1 N–H and O–H groups in total. The number of allylic oxidation sites excluding steroid dienone is 3. The molecule has 0 radical (unpaired) electrons. The van der Waals surface area contributed by atoms with Crippen molar-refractivity contribution in [3.05, 3.63) is 59.7 Å². The molecule has 1 heterocycles. The predicted molar refractivity (Wildman–Crippen MR) is 91.8 cm³/mol. The van der Waals surface area contributed by atoms with Crippen molar-refractivity contribution >= 4 is 17.7 Å². The number of nitrogens with one attached hydrogen (secondary N) is 1. The molecule has 0 aromatic heterocycles. The zero-order chi connectivity index (χ0) is 17.6. The van der Waals surface area contributed by atoms with E-state index in [1.54, 1.807) is 0 Å². The van der Waals surface area contributed by atoms with Crippen molar-refractivity contribution in [3.63, 3.8) is 0 Å². The van der Waals surface area contributed by atoms with Gasteiger partial charge in [-0.3, -0.25) is 14.5 Å². The first kappa shape index (κ1) is 17.1. The molecule has 6 heteroatoms. The van der Waals surface area contributed by atoms with Crippen LogP contribution in [0.15, 0.2) is 54.1 Å². The topological polar surface area (TPSA) is 75.7 Å². The molecule has 1 aliphatic heterocycles. The third-order valence-corrected chi connectivity index (χ3v) is 4.23. The second-order valence-corrected chi connectivity index (χ2v) is 6.20. The molecular formula is C19H20N2O4. The van der Waals surface area contributed by atoms with E-state index in [4.69, 9.17) is 4.74 Å². The first-order valence-corrected chi connectivity index (χ1v) is 8.26. The Morgan fingerprint density at radius 3 is 2.80 bits per heavy atom. The smallest absolute Gasteiger partial charge is 0.407 e. The molecule has 1 atom stereocenters. The van der Waals surface area contributed by atoms with E-state index >= 15 is 0 Å². The quantitative estimate of drug-likeness (QED) is 0.825. The van der Waals surface area contributed by atoms with Gasteiger partial charge in [-0.15, -0.1) is 0 Å². The van der Waals surface area contributed by atoms with Crippen molar-refractivity contribution in [1.82, 2.24) is 10.2 Å². The van der Waals surface area contributed by atoms with Gasteiger partial charge in [0.25, 0.3) is 0 Å². The van der Waals surface area contributed by atoms with E-state index in [0.717, 1.165) is 18.5 Å². The molecule has 0 saturated carbocycles. The van der Waals surface area contributed by atoms with Crippen LogP contribution < -0.4 is 5.32 Å². The van der Waals surface area contributed by atoms with Gasteiger partial charge in [-0.25, -0.2) is 4.79 Å². The third-order valence-electron chi connectivity index (χ3n) is 4.23. The number of rotatable bonds is 5. The van der Waals surface area contributed by atoms with Crippen LogP contribution in [0.1, 0.15) is 12.0 Å². The Balaban J connectivity index is 1.43. The van der Waals surface area contributed by atoms with Gasteiger partial charge in [-0.1, -0.05) is 30.3 Å². The maximum Gasteiger partial charge on any atom is 0.407 e. The van der Waals surface area contributed by atoms with Gasteiger partial charge in [0, 0.05) is 31.2 Å². The fraction of sp³-hybridized carbons (Fsp3) is 0.316. The van der Waals surface area contributed by atoms with Crippen LogP contribution in [-0.4, -0.2) is 48.2 Å². The molecule has 0 bridgehead atoms. The van der Waals surface area contributed by atoms with Crippen LogP contribution in [0, 0.1) is 0 Å². The van der Waals surface area contributed by atoms with E-state index < -0.39 is 6.09 Å². The van der Waals surface area contributed by atoms with Crippen molar-refractivity contribution in [1.29, 1.82) is 0 Å². The number of hydrogen-bond donors (Lipinski definition) is 1. The van der Waals surface area contributed by atoms with Gasteiger partial charge in [-0.2, -0.15) is 0 Å². The first-order chi connectivity index (χ1) is 12.1. The van der Waals surface area contributed by atoms with Crippen molar-refractivity contribution < 1.29 is 19.1 Å². The van der Waals surface area contributed by atoms with Gasteiger partial charge in [-0.05, 0) is 30.2 Å². The first-order valence-electron chi connectivity index (χ1n) is 8.26. The van der Waals surface area contributed by atoms with Gasteiger partial charge in [0.15, 0.2) is 11.6 Å². The van der Waals surface area contributed by atoms with Crippen LogP contribution in [0.5, 0.6) is 0 Å². The minimum atomic E-state index is -0.443. The number of alkyl carbamates (subject to hydrolysis) is 1. The summed E-state index contributed by atoms with van der Waals surface area (Å²) in [5, 5.41) is 2.85.